The third kappa shape index (κ3) is 2.05. The number of hydrogen-bond donors (Lipinski definition) is 1. The van der Waals surface area contributed by atoms with Crippen LogP contribution in [0.1, 0.15) is 11.9 Å². The molecule has 0 aliphatic heterocycles. The Labute approximate surface area is 92.0 Å². The number of aromatic nitrogens is 4. The molecule has 80 valence electrons. The molecule has 2 aromatic rings. The van der Waals surface area contributed by atoms with Crippen LogP contribution in [0.3, 0.4) is 0 Å². The molecule has 0 atom stereocenters. The Morgan fingerprint density at radius 1 is 1.53 bits per heavy atom. The predicted molar refractivity (Wildman–Crippen MR) is 59.6 cm³/mol. The van der Waals surface area contributed by atoms with Crippen LogP contribution in [0.4, 0.5) is 0 Å². The number of rotatable bonds is 4. The van der Waals surface area contributed by atoms with Crippen molar-refractivity contribution in [3.8, 4) is 11.5 Å². The SMILES string of the molecule is CCn1ncnc1-c1csc(CCN)n1. The van der Waals surface area contributed by atoms with Crippen molar-refractivity contribution in [1.29, 1.82) is 0 Å². The van der Waals surface area contributed by atoms with Crippen molar-refractivity contribution in [2.45, 2.75) is 19.9 Å². The molecule has 0 saturated carbocycles. The van der Waals surface area contributed by atoms with E-state index in [0.717, 1.165) is 29.5 Å². The van der Waals surface area contributed by atoms with Gasteiger partial charge in [-0.15, -0.1) is 11.3 Å². The van der Waals surface area contributed by atoms with Crippen LogP contribution in [0, 0.1) is 0 Å². The van der Waals surface area contributed by atoms with Gasteiger partial charge in [0, 0.05) is 18.3 Å². The van der Waals surface area contributed by atoms with Crippen molar-refractivity contribution < 1.29 is 0 Å². The molecule has 0 aromatic carbocycles. The fraction of sp³-hybridized carbons (Fsp3) is 0.444. The van der Waals surface area contributed by atoms with E-state index in [-0.39, 0.29) is 0 Å². The van der Waals surface area contributed by atoms with Gasteiger partial charge < -0.3 is 5.73 Å². The van der Waals surface area contributed by atoms with Gasteiger partial charge in [-0.25, -0.2) is 14.6 Å². The molecule has 0 saturated heterocycles. The average Bonchev–Trinajstić information content (AvgIpc) is 2.84. The zero-order valence-corrected chi connectivity index (χ0v) is 9.37. The quantitative estimate of drug-likeness (QED) is 0.837. The molecule has 2 heterocycles. The van der Waals surface area contributed by atoms with Gasteiger partial charge in [0.05, 0.1) is 5.01 Å². The summed E-state index contributed by atoms with van der Waals surface area (Å²) >= 11 is 1.62. The lowest BCUT2D eigenvalue weighted by Crippen LogP contribution is -2.03. The molecule has 2 aromatic heterocycles. The second-order valence-corrected chi connectivity index (χ2v) is 4.01. The summed E-state index contributed by atoms with van der Waals surface area (Å²) < 4.78 is 1.83. The first-order chi connectivity index (χ1) is 7.35. The van der Waals surface area contributed by atoms with Crippen molar-refractivity contribution in [3.05, 3.63) is 16.7 Å². The summed E-state index contributed by atoms with van der Waals surface area (Å²) in [6, 6.07) is 0. The Morgan fingerprint density at radius 2 is 2.40 bits per heavy atom. The minimum absolute atomic E-state index is 0.632. The van der Waals surface area contributed by atoms with Gasteiger partial charge in [0.2, 0.25) is 0 Å². The standard InChI is InChI=1S/C9H13N5S/c1-2-14-9(11-6-12-14)7-5-15-8(13-7)3-4-10/h5-6H,2-4,10H2,1H3. The van der Waals surface area contributed by atoms with Gasteiger partial charge in [0.1, 0.15) is 12.0 Å². The zero-order chi connectivity index (χ0) is 10.7. The third-order valence-corrected chi connectivity index (χ3v) is 2.96. The smallest absolute Gasteiger partial charge is 0.177 e. The minimum atomic E-state index is 0.632. The lowest BCUT2D eigenvalue weighted by Gasteiger charge is -1.98. The van der Waals surface area contributed by atoms with E-state index < -0.39 is 0 Å². The molecule has 0 bridgehead atoms. The summed E-state index contributed by atoms with van der Waals surface area (Å²) in [6.07, 6.45) is 2.38. The number of nitrogens with two attached hydrogens (primary N) is 1. The van der Waals surface area contributed by atoms with Gasteiger partial charge in [-0.05, 0) is 13.5 Å². The van der Waals surface area contributed by atoms with Gasteiger partial charge in [0.15, 0.2) is 5.82 Å². The average molecular weight is 223 g/mol. The first kappa shape index (κ1) is 10.3. The van der Waals surface area contributed by atoms with Crippen LogP contribution in [0.15, 0.2) is 11.7 Å². The Bertz CT molecular complexity index is 433. The molecule has 0 aliphatic carbocycles. The Morgan fingerprint density at radius 3 is 3.13 bits per heavy atom. The molecule has 0 unspecified atom stereocenters. The Kier molecular flexibility index (Phi) is 3.08. The van der Waals surface area contributed by atoms with E-state index >= 15 is 0 Å². The first-order valence-corrected chi connectivity index (χ1v) is 5.75. The second kappa shape index (κ2) is 4.50. The topological polar surface area (TPSA) is 69.6 Å². The number of hydrogen-bond acceptors (Lipinski definition) is 5. The van der Waals surface area contributed by atoms with Crippen molar-refractivity contribution in [2.24, 2.45) is 5.73 Å². The largest absolute Gasteiger partial charge is 0.330 e. The highest BCUT2D eigenvalue weighted by atomic mass is 32.1. The molecule has 0 radical (unpaired) electrons. The van der Waals surface area contributed by atoms with Crippen LogP contribution in [0.5, 0.6) is 0 Å². The number of thiazole rings is 1. The Balaban J connectivity index is 2.28. The molecular formula is C9H13N5S. The van der Waals surface area contributed by atoms with Gasteiger partial charge >= 0.3 is 0 Å². The van der Waals surface area contributed by atoms with E-state index in [9.17, 15) is 0 Å². The van der Waals surface area contributed by atoms with Crippen LogP contribution in [0.25, 0.3) is 11.5 Å². The van der Waals surface area contributed by atoms with E-state index in [4.69, 9.17) is 5.73 Å². The molecular weight excluding hydrogens is 210 g/mol. The molecule has 0 spiro atoms. The fourth-order valence-electron chi connectivity index (χ4n) is 1.35. The van der Waals surface area contributed by atoms with Crippen LogP contribution in [-0.2, 0) is 13.0 Å². The van der Waals surface area contributed by atoms with Crippen molar-refractivity contribution in [3.63, 3.8) is 0 Å². The molecule has 0 amide bonds. The van der Waals surface area contributed by atoms with Crippen molar-refractivity contribution in [2.75, 3.05) is 6.54 Å². The summed E-state index contributed by atoms with van der Waals surface area (Å²) in [6.45, 7) is 3.47. The summed E-state index contributed by atoms with van der Waals surface area (Å²) in [7, 11) is 0. The van der Waals surface area contributed by atoms with Crippen LogP contribution in [0.2, 0.25) is 0 Å². The molecule has 6 heteroatoms. The van der Waals surface area contributed by atoms with E-state index in [0.29, 0.717) is 6.54 Å². The van der Waals surface area contributed by atoms with Gasteiger partial charge in [0.25, 0.3) is 0 Å². The summed E-state index contributed by atoms with van der Waals surface area (Å²) in [4.78, 5) is 8.66. The molecule has 0 fully saturated rings. The molecule has 15 heavy (non-hydrogen) atoms. The summed E-state index contributed by atoms with van der Waals surface area (Å²) in [5.74, 6) is 0.831. The highest BCUT2D eigenvalue weighted by Gasteiger charge is 2.09. The van der Waals surface area contributed by atoms with Crippen molar-refractivity contribution in [1.82, 2.24) is 19.7 Å². The maximum atomic E-state index is 5.48. The van der Waals surface area contributed by atoms with Crippen molar-refractivity contribution >= 4 is 11.3 Å². The predicted octanol–water partition coefficient (Wildman–Crippen LogP) is 0.923. The van der Waals surface area contributed by atoms with E-state index in [2.05, 4.69) is 15.1 Å². The van der Waals surface area contributed by atoms with Gasteiger partial charge in [-0.3, -0.25) is 0 Å². The van der Waals surface area contributed by atoms with E-state index in [1.54, 1.807) is 17.7 Å². The molecule has 5 nitrogen and oxygen atoms in total. The summed E-state index contributed by atoms with van der Waals surface area (Å²) in [5.41, 5.74) is 6.37. The minimum Gasteiger partial charge on any atom is -0.330 e. The maximum absolute atomic E-state index is 5.48. The maximum Gasteiger partial charge on any atom is 0.177 e. The monoisotopic (exact) mass is 223 g/mol. The van der Waals surface area contributed by atoms with Crippen LogP contribution >= 0.6 is 11.3 Å². The normalized spacial score (nSPS) is 10.8. The number of aryl methyl sites for hydroxylation is 1. The van der Waals surface area contributed by atoms with Crippen LogP contribution < -0.4 is 5.73 Å². The van der Waals surface area contributed by atoms with Gasteiger partial charge in [-0.2, -0.15) is 5.10 Å². The number of nitrogens with zero attached hydrogens (tertiary/aromatic N) is 4. The van der Waals surface area contributed by atoms with Gasteiger partial charge in [-0.1, -0.05) is 0 Å². The molecule has 2 rings (SSSR count). The highest BCUT2D eigenvalue weighted by Crippen LogP contribution is 2.19. The molecule has 2 N–H and O–H groups in total. The Hall–Kier alpha value is -1.27. The van der Waals surface area contributed by atoms with Crippen LogP contribution in [-0.4, -0.2) is 26.3 Å². The molecule has 0 aliphatic rings. The first-order valence-electron chi connectivity index (χ1n) is 4.87. The zero-order valence-electron chi connectivity index (χ0n) is 8.55. The second-order valence-electron chi connectivity index (χ2n) is 3.06. The van der Waals surface area contributed by atoms with E-state index in [1.807, 2.05) is 17.0 Å². The third-order valence-electron chi connectivity index (χ3n) is 2.05. The lowest BCUT2D eigenvalue weighted by molar-refractivity contribution is 0.664. The lowest BCUT2D eigenvalue weighted by atomic mass is 10.4. The summed E-state index contributed by atoms with van der Waals surface area (Å²) in [5, 5.41) is 7.17. The highest BCUT2D eigenvalue weighted by molar-refractivity contribution is 7.09. The van der Waals surface area contributed by atoms with E-state index in [1.165, 1.54) is 0 Å². The fourth-order valence-corrected chi connectivity index (χ4v) is 2.14.